The lowest BCUT2D eigenvalue weighted by atomic mass is 10.0. The molecule has 114 valence electrons. The van der Waals surface area contributed by atoms with Crippen molar-refractivity contribution in [1.29, 1.82) is 0 Å². The predicted molar refractivity (Wildman–Crippen MR) is 82.3 cm³/mol. The second-order valence-electron chi connectivity index (χ2n) is 6.00. The molecule has 0 spiro atoms. The number of aryl methyl sites for hydroxylation is 1. The summed E-state index contributed by atoms with van der Waals surface area (Å²) in [5, 5.41) is 8.22. The summed E-state index contributed by atoms with van der Waals surface area (Å²) >= 11 is 0. The monoisotopic (exact) mass is 289 g/mol. The van der Waals surface area contributed by atoms with Gasteiger partial charge < -0.3 is 14.7 Å². The van der Waals surface area contributed by atoms with Gasteiger partial charge in [-0.1, -0.05) is 12.1 Å². The van der Waals surface area contributed by atoms with Crippen molar-refractivity contribution in [3.8, 4) is 0 Å². The normalized spacial score (nSPS) is 20.0. The Hall–Kier alpha value is -1.69. The summed E-state index contributed by atoms with van der Waals surface area (Å²) in [5.74, 6) is 1.67. The van der Waals surface area contributed by atoms with Gasteiger partial charge in [-0.15, -0.1) is 0 Å². The van der Waals surface area contributed by atoms with Crippen molar-refractivity contribution in [1.82, 2.24) is 20.0 Å². The lowest BCUT2D eigenvalue weighted by Crippen LogP contribution is -2.35. The van der Waals surface area contributed by atoms with E-state index in [0.29, 0.717) is 5.71 Å². The molecule has 6 nitrogen and oxygen atoms in total. The molecule has 1 atom stereocenters. The van der Waals surface area contributed by atoms with Gasteiger partial charge in [0, 0.05) is 13.1 Å². The minimum absolute atomic E-state index is 0.551. The topological polar surface area (TPSA) is 67.1 Å². The molecule has 6 heteroatoms. The van der Waals surface area contributed by atoms with E-state index in [1.807, 2.05) is 6.92 Å². The van der Waals surface area contributed by atoms with Gasteiger partial charge in [0.2, 0.25) is 0 Å². The Morgan fingerprint density at radius 1 is 1.43 bits per heavy atom. The molecule has 1 saturated heterocycles. The highest BCUT2D eigenvalue weighted by atomic mass is 16.5. The molecule has 2 aromatic rings. The molecule has 0 unspecified atom stereocenters. The first-order chi connectivity index (χ1) is 10.2. The van der Waals surface area contributed by atoms with Gasteiger partial charge >= 0.3 is 0 Å². The minimum atomic E-state index is 0.551. The van der Waals surface area contributed by atoms with Crippen molar-refractivity contribution in [2.75, 3.05) is 31.5 Å². The van der Waals surface area contributed by atoms with E-state index in [1.54, 1.807) is 0 Å². The first-order valence-corrected chi connectivity index (χ1v) is 7.77. The molecule has 0 saturated carbocycles. The number of aromatic nitrogens is 3. The zero-order chi connectivity index (χ0) is 14.7. The van der Waals surface area contributed by atoms with Gasteiger partial charge in [-0.2, -0.15) is 4.98 Å². The summed E-state index contributed by atoms with van der Waals surface area (Å²) in [6, 6.07) is 0. The molecule has 1 N–H and O–H groups in total. The molecule has 2 aromatic heterocycles. The largest absolute Gasteiger partial charge is 0.369 e. The molecule has 1 aliphatic rings. The van der Waals surface area contributed by atoms with Gasteiger partial charge in [0.25, 0.3) is 5.71 Å². The van der Waals surface area contributed by atoms with E-state index in [4.69, 9.17) is 4.52 Å². The van der Waals surface area contributed by atoms with Gasteiger partial charge in [-0.05, 0) is 45.2 Å². The number of nitrogens with zero attached hydrogens (tertiary/aromatic N) is 4. The predicted octanol–water partition coefficient (Wildman–Crippen LogP) is 2.46. The smallest absolute Gasteiger partial charge is 0.263 e. The van der Waals surface area contributed by atoms with Crippen LogP contribution in [0.1, 0.15) is 31.9 Å². The quantitative estimate of drug-likeness (QED) is 0.853. The second kappa shape index (κ2) is 6.39. The van der Waals surface area contributed by atoms with E-state index in [2.05, 4.69) is 32.3 Å². The number of piperidine rings is 1. The highest BCUT2D eigenvalue weighted by Crippen LogP contribution is 2.22. The van der Waals surface area contributed by atoms with Crippen LogP contribution in [0.15, 0.2) is 10.9 Å². The first-order valence-electron chi connectivity index (χ1n) is 7.77. The SMILES string of the molecule is Cc1noc2ncnc(NCCCN3CCC[C@H](C)C3)c12. The van der Waals surface area contributed by atoms with E-state index in [0.717, 1.165) is 42.3 Å². The Bertz CT molecular complexity index is 597. The standard InChI is InChI=1S/C15H23N5O/c1-11-5-3-7-20(9-11)8-4-6-16-14-13-12(2)19-21-15(13)18-10-17-14/h10-11H,3-9H2,1-2H3,(H,16,17,18)/t11-/m0/s1. The van der Waals surface area contributed by atoms with Crippen LogP contribution in [0.5, 0.6) is 0 Å². The van der Waals surface area contributed by atoms with Gasteiger partial charge in [0.05, 0.1) is 5.69 Å². The molecule has 3 heterocycles. The Kier molecular flexibility index (Phi) is 4.34. The van der Waals surface area contributed by atoms with Crippen molar-refractivity contribution >= 4 is 16.9 Å². The molecule has 1 fully saturated rings. The van der Waals surface area contributed by atoms with Crippen LogP contribution in [0.2, 0.25) is 0 Å². The lowest BCUT2D eigenvalue weighted by Gasteiger charge is -2.30. The van der Waals surface area contributed by atoms with Gasteiger partial charge in [-0.3, -0.25) is 0 Å². The molecule has 3 rings (SSSR count). The molecule has 21 heavy (non-hydrogen) atoms. The molecule has 0 bridgehead atoms. The molecule has 1 aliphatic heterocycles. The van der Waals surface area contributed by atoms with Crippen LogP contribution in [-0.2, 0) is 0 Å². The van der Waals surface area contributed by atoms with Crippen molar-refractivity contribution in [2.45, 2.75) is 33.1 Å². The van der Waals surface area contributed by atoms with Crippen LogP contribution in [-0.4, -0.2) is 46.2 Å². The third-order valence-electron chi connectivity index (χ3n) is 4.13. The first kappa shape index (κ1) is 14.3. The average molecular weight is 289 g/mol. The van der Waals surface area contributed by atoms with Crippen LogP contribution < -0.4 is 5.32 Å². The number of anilines is 1. The van der Waals surface area contributed by atoms with E-state index in [1.165, 1.54) is 32.3 Å². The van der Waals surface area contributed by atoms with Crippen molar-refractivity contribution in [3.05, 3.63) is 12.0 Å². The van der Waals surface area contributed by atoms with Crippen LogP contribution in [0.3, 0.4) is 0 Å². The van der Waals surface area contributed by atoms with E-state index in [-0.39, 0.29) is 0 Å². The summed E-state index contributed by atoms with van der Waals surface area (Å²) in [5.41, 5.74) is 1.38. The maximum atomic E-state index is 5.15. The Labute approximate surface area is 124 Å². The Morgan fingerprint density at radius 2 is 2.33 bits per heavy atom. The minimum Gasteiger partial charge on any atom is -0.369 e. The Morgan fingerprint density at radius 3 is 3.19 bits per heavy atom. The van der Waals surface area contributed by atoms with Gasteiger partial charge in [-0.25, -0.2) is 4.98 Å². The summed E-state index contributed by atoms with van der Waals surface area (Å²) in [7, 11) is 0. The fraction of sp³-hybridized carbons (Fsp3) is 0.667. The van der Waals surface area contributed by atoms with Crippen molar-refractivity contribution < 1.29 is 4.52 Å². The maximum absolute atomic E-state index is 5.15. The van der Waals surface area contributed by atoms with Gasteiger partial charge in [0.1, 0.15) is 17.5 Å². The molecular formula is C15H23N5O. The highest BCUT2D eigenvalue weighted by molar-refractivity contribution is 5.87. The summed E-state index contributed by atoms with van der Waals surface area (Å²) in [6.45, 7) is 8.79. The molecule has 0 aromatic carbocycles. The zero-order valence-corrected chi connectivity index (χ0v) is 12.8. The number of rotatable bonds is 5. The second-order valence-corrected chi connectivity index (χ2v) is 6.00. The number of fused-ring (bicyclic) bond motifs is 1. The maximum Gasteiger partial charge on any atom is 0.263 e. The Balaban J connectivity index is 1.51. The number of hydrogen-bond acceptors (Lipinski definition) is 6. The van der Waals surface area contributed by atoms with Gasteiger partial charge in [0.15, 0.2) is 0 Å². The highest BCUT2D eigenvalue weighted by Gasteiger charge is 2.15. The van der Waals surface area contributed by atoms with E-state index < -0.39 is 0 Å². The number of nitrogens with one attached hydrogen (secondary N) is 1. The van der Waals surface area contributed by atoms with Crippen LogP contribution in [0.25, 0.3) is 11.1 Å². The fourth-order valence-corrected chi connectivity index (χ4v) is 3.06. The summed E-state index contributed by atoms with van der Waals surface area (Å²) < 4.78 is 5.15. The van der Waals surface area contributed by atoms with E-state index >= 15 is 0 Å². The average Bonchev–Trinajstić information content (AvgIpc) is 2.86. The molecule has 0 amide bonds. The molecule has 0 aliphatic carbocycles. The van der Waals surface area contributed by atoms with Crippen LogP contribution in [0.4, 0.5) is 5.82 Å². The molecular weight excluding hydrogens is 266 g/mol. The van der Waals surface area contributed by atoms with Crippen molar-refractivity contribution in [3.63, 3.8) is 0 Å². The summed E-state index contributed by atoms with van der Waals surface area (Å²) in [6.07, 6.45) is 5.34. The van der Waals surface area contributed by atoms with Crippen LogP contribution >= 0.6 is 0 Å². The summed E-state index contributed by atoms with van der Waals surface area (Å²) in [4.78, 5) is 11.0. The molecule has 0 radical (unpaired) electrons. The zero-order valence-electron chi connectivity index (χ0n) is 12.8. The van der Waals surface area contributed by atoms with Crippen LogP contribution in [0, 0.1) is 12.8 Å². The van der Waals surface area contributed by atoms with Crippen molar-refractivity contribution in [2.24, 2.45) is 5.92 Å². The van der Waals surface area contributed by atoms with E-state index in [9.17, 15) is 0 Å². The number of likely N-dealkylation sites (tertiary alicyclic amines) is 1. The lowest BCUT2D eigenvalue weighted by molar-refractivity contribution is 0.183. The third kappa shape index (κ3) is 3.32. The third-order valence-corrected chi connectivity index (χ3v) is 4.13. The fourth-order valence-electron chi connectivity index (χ4n) is 3.06. The number of hydrogen-bond donors (Lipinski definition) is 1.